The molecule has 6 heteroatoms. The molecule has 5 unspecified atom stereocenters. The highest BCUT2D eigenvalue weighted by Gasteiger charge is 2.46. The zero-order valence-electron chi connectivity index (χ0n) is 23.1. The Kier molecular flexibility index (Phi) is 9.97. The van der Waals surface area contributed by atoms with Crippen molar-refractivity contribution in [3.63, 3.8) is 0 Å². The molecule has 1 aliphatic heterocycles. The summed E-state index contributed by atoms with van der Waals surface area (Å²) in [6.45, 7) is 21.8. The fourth-order valence-electron chi connectivity index (χ4n) is 4.18. The number of benzene rings is 1. The van der Waals surface area contributed by atoms with Gasteiger partial charge < -0.3 is 18.6 Å². The van der Waals surface area contributed by atoms with Crippen LogP contribution in [0.15, 0.2) is 30.3 Å². The molecule has 0 bridgehead atoms. The molecule has 0 N–H and O–H groups in total. The lowest BCUT2D eigenvalue weighted by atomic mass is 9.94. The van der Waals surface area contributed by atoms with Crippen molar-refractivity contribution in [2.24, 2.45) is 5.92 Å². The second kappa shape index (κ2) is 11.7. The van der Waals surface area contributed by atoms with Gasteiger partial charge in [-0.2, -0.15) is 0 Å². The third kappa shape index (κ3) is 7.90. The average Bonchev–Trinajstić information content (AvgIpc) is 3.04. The molecule has 194 valence electrons. The van der Waals surface area contributed by atoms with E-state index in [1.165, 1.54) is 0 Å². The minimum absolute atomic E-state index is 0.0928. The Labute approximate surface area is 209 Å². The number of rotatable bonds is 11. The topological polar surface area (TPSA) is 54.0 Å². The molecule has 0 saturated carbocycles. The van der Waals surface area contributed by atoms with E-state index in [1.807, 2.05) is 32.0 Å². The summed E-state index contributed by atoms with van der Waals surface area (Å²) in [5.74, 6) is -0.675. The molecule has 1 fully saturated rings. The molecule has 0 spiro atoms. The fourth-order valence-corrected chi connectivity index (χ4v) is 5.69. The Morgan fingerprint density at radius 2 is 1.71 bits per heavy atom. The quantitative estimate of drug-likeness (QED) is 0.239. The van der Waals surface area contributed by atoms with Crippen LogP contribution in [0.5, 0.6) is 0 Å². The molecule has 0 radical (unpaired) electrons. The van der Waals surface area contributed by atoms with Crippen LogP contribution in [-0.2, 0) is 18.6 Å². The summed E-state index contributed by atoms with van der Waals surface area (Å²) in [7, 11) is -1.85. The molecule has 0 aliphatic carbocycles. The first-order valence-electron chi connectivity index (χ1n) is 13.0. The molecule has 0 amide bonds. The molecule has 5 atom stereocenters. The highest BCUT2D eigenvalue weighted by Crippen LogP contribution is 2.39. The van der Waals surface area contributed by atoms with Gasteiger partial charge in [-0.3, -0.25) is 0 Å². The monoisotopic (exact) mass is 492 g/mol. The summed E-state index contributed by atoms with van der Waals surface area (Å²) in [5, 5.41) is 0.169. The standard InChI is InChI=1S/C28H48O5Si/c1-11-15-24-25(32-28(7,8)31-24)23(30-26(29)22-16-13-12-14-17-22)19-18-20(2)21(3)33-34(9,10)27(4,5)6/h12-14,16-17,20-21,23-25H,11,15,18-19H2,1-10H3. The fraction of sp³-hybridized carbons (Fsp3) is 0.750. The van der Waals surface area contributed by atoms with Crippen molar-refractivity contribution in [1.82, 2.24) is 0 Å². The zero-order valence-corrected chi connectivity index (χ0v) is 24.1. The minimum atomic E-state index is -1.85. The van der Waals surface area contributed by atoms with Crippen LogP contribution in [0.1, 0.15) is 91.4 Å². The summed E-state index contributed by atoms with van der Waals surface area (Å²) in [6.07, 6.45) is 2.80. The van der Waals surface area contributed by atoms with Crippen molar-refractivity contribution in [2.45, 2.75) is 129 Å². The lowest BCUT2D eigenvalue weighted by Gasteiger charge is -2.40. The summed E-state index contributed by atoms with van der Waals surface area (Å²) >= 11 is 0. The van der Waals surface area contributed by atoms with E-state index in [9.17, 15) is 4.79 Å². The van der Waals surface area contributed by atoms with Crippen molar-refractivity contribution in [2.75, 3.05) is 0 Å². The van der Waals surface area contributed by atoms with Gasteiger partial charge in [-0.05, 0) is 76.2 Å². The number of hydrogen-bond acceptors (Lipinski definition) is 5. The Morgan fingerprint density at radius 3 is 2.26 bits per heavy atom. The van der Waals surface area contributed by atoms with Crippen molar-refractivity contribution in [3.05, 3.63) is 35.9 Å². The third-order valence-corrected chi connectivity index (χ3v) is 12.0. The summed E-state index contributed by atoms with van der Waals surface area (Å²) in [6, 6.07) is 9.18. The van der Waals surface area contributed by atoms with Crippen molar-refractivity contribution < 1.29 is 23.4 Å². The largest absolute Gasteiger partial charge is 0.456 e. The Hall–Kier alpha value is -1.21. The number of carbonyl (C=O) groups excluding carboxylic acids is 1. The molecule has 1 saturated heterocycles. The van der Waals surface area contributed by atoms with E-state index in [0.29, 0.717) is 17.9 Å². The normalized spacial score (nSPS) is 23.4. The van der Waals surface area contributed by atoms with Crippen LogP contribution in [0.25, 0.3) is 0 Å². The lowest BCUT2D eigenvalue weighted by Crippen LogP contribution is -2.45. The summed E-state index contributed by atoms with van der Waals surface area (Å²) in [5.41, 5.74) is 0.556. The van der Waals surface area contributed by atoms with E-state index in [2.05, 4.69) is 54.6 Å². The molecule has 1 aliphatic rings. The average molecular weight is 493 g/mol. The smallest absolute Gasteiger partial charge is 0.338 e. The van der Waals surface area contributed by atoms with Crippen LogP contribution >= 0.6 is 0 Å². The number of carbonyl (C=O) groups is 1. The first-order valence-corrected chi connectivity index (χ1v) is 15.9. The van der Waals surface area contributed by atoms with Gasteiger partial charge in [0.2, 0.25) is 0 Å². The summed E-state index contributed by atoms with van der Waals surface area (Å²) < 4.78 is 25.2. The van der Waals surface area contributed by atoms with E-state index >= 15 is 0 Å². The van der Waals surface area contributed by atoms with Crippen LogP contribution in [0.3, 0.4) is 0 Å². The first kappa shape index (κ1) is 29.0. The van der Waals surface area contributed by atoms with Crippen LogP contribution in [0, 0.1) is 5.92 Å². The Morgan fingerprint density at radius 1 is 1.09 bits per heavy atom. The third-order valence-electron chi connectivity index (χ3n) is 7.42. The van der Waals surface area contributed by atoms with E-state index in [1.54, 1.807) is 12.1 Å². The van der Waals surface area contributed by atoms with Crippen LogP contribution < -0.4 is 0 Å². The van der Waals surface area contributed by atoms with Crippen LogP contribution in [0.4, 0.5) is 0 Å². The SMILES string of the molecule is CCCC1OC(C)(C)OC1C(CCC(C)C(C)O[Si](C)(C)C(C)(C)C)OC(=O)c1ccccc1. The van der Waals surface area contributed by atoms with Gasteiger partial charge in [0.05, 0.1) is 11.7 Å². The Balaban J connectivity index is 2.15. The molecule has 1 heterocycles. The van der Waals surface area contributed by atoms with Gasteiger partial charge in [-0.1, -0.05) is 59.2 Å². The van der Waals surface area contributed by atoms with Gasteiger partial charge in [0.25, 0.3) is 0 Å². The highest BCUT2D eigenvalue weighted by molar-refractivity contribution is 6.74. The molecular formula is C28H48O5Si. The van der Waals surface area contributed by atoms with E-state index in [0.717, 1.165) is 19.3 Å². The maximum atomic E-state index is 13.0. The van der Waals surface area contributed by atoms with Gasteiger partial charge in [-0.25, -0.2) is 4.79 Å². The predicted molar refractivity (Wildman–Crippen MR) is 141 cm³/mol. The molecule has 5 nitrogen and oxygen atoms in total. The van der Waals surface area contributed by atoms with Crippen molar-refractivity contribution in [3.8, 4) is 0 Å². The summed E-state index contributed by atoms with van der Waals surface area (Å²) in [4.78, 5) is 13.0. The maximum Gasteiger partial charge on any atom is 0.338 e. The van der Waals surface area contributed by atoms with E-state index in [-0.39, 0.29) is 35.4 Å². The van der Waals surface area contributed by atoms with Gasteiger partial charge in [0.1, 0.15) is 12.2 Å². The van der Waals surface area contributed by atoms with Crippen molar-refractivity contribution in [1.29, 1.82) is 0 Å². The maximum absolute atomic E-state index is 13.0. The van der Waals surface area contributed by atoms with Gasteiger partial charge >= 0.3 is 5.97 Å². The number of ether oxygens (including phenoxy) is 3. The number of hydrogen-bond donors (Lipinski definition) is 0. The predicted octanol–water partition coefficient (Wildman–Crippen LogP) is 7.36. The first-order chi connectivity index (χ1) is 15.7. The van der Waals surface area contributed by atoms with Crippen LogP contribution in [-0.4, -0.2) is 44.5 Å². The second-order valence-corrected chi connectivity index (χ2v) is 16.6. The van der Waals surface area contributed by atoms with Gasteiger partial charge in [0.15, 0.2) is 14.1 Å². The molecular weight excluding hydrogens is 444 g/mol. The zero-order chi connectivity index (χ0) is 25.7. The second-order valence-electron chi connectivity index (χ2n) is 11.9. The molecule has 1 aromatic rings. The van der Waals surface area contributed by atoms with Crippen LogP contribution in [0.2, 0.25) is 18.1 Å². The van der Waals surface area contributed by atoms with Gasteiger partial charge in [0, 0.05) is 6.10 Å². The molecule has 0 aromatic heterocycles. The molecule has 34 heavy (non-hydrogen) atoms. The number of esters is 1. The lowest BCUT2D eigenvalue weighted by molar-refractivity contribution is -0.156. The van der Waals surface area contributed by atoms with Crippen molar-refractivity contribution >= 4 is 14.3 Å². The Bertz CT molecular complexity index is 771. The highest BCUT2D eigenvalue weighted by atomic mass is 28.4. The van der Waals surface area contributed by atoms with E-state index in [4.69, 9.17) is 18.6 Å². The van der Waals surface area contributed by atoms with E-state index < -0.39 is 14.1 Å². The minimum Gasteiger partial charge on any atom is -0.456 e. The van der Waals surface area contributed by atoms with Gasteiger partial charge in [-0.15, -0.1) is 0 Å². The molecule has 2 rings (SSSR count). The molecule has 1 aromatic carbocycles.